The monoisotopic (exact) mass is 837 g/mol. The summed E-state index contributed by atoms with van der Waals surface area (Å²) in [6, 6.07) is 55.0. The van der Waals surface area contributed by atoms with Crippen LogP contribution < -0.4 is 0 Å². The molecule has 1 radical (unpaired) electrons. The van der Waals surface area contributed by atoms with E-state index >= 15 is 0 Å². The molecule has 0 saturated heterocycles. The molecule has 0 fully saturated rings. The van der Waals surface area contributed by atoms with Crippen LogP contribution in [0.3, 0.4) is 0 Å². The van der Waals surface area contributed by atoms with Crippen molar-refractivity contribution >= 4 is 65.0 Å². The predicted molar refractivity (Wildman–Crippen MR) is 204 cm³/mol. The Hall–Kier alpha value is -5.52. The van der Waals surface area contributed by atoms with Gasteiger partial charge in [0.1, 0.15) is 5.82 Å². The fourth-order valence-electron chi connectivity index (χ4n) is 6.71. The number of hydrogen-bond donors (Lipinski definition) is 0. The third kappa shape index (κ3) is 5.58. The van der Waals surface area contributed by atoms with Gasteiger partial charge in [0, 0.05) is 48.4 Å². The second kappa shape index (κ2) is 13.4. The van der Waals surface area contributed by atoms with Crippen LogP contribution >= 0.6 is 11.5 Å². The quantitative estimate of drug-likeness (QED) is 0.132. The normalized spacial score (nSPS) is 11.1. The molecule has 0 aliphatic rings. The molecule has 4 aromatic heterocycles. The van der Waals surface area contributed by atoms with Gasteiger partial charge in [-0.3, -0.25) is 0 Å². The summed E-state index contributed by atoms with van der Waals surface area (Å²) in [5, 5.41) is 8.60. The Bertz CT molecular complexity index is 2800. The van der Waals surface area contributed by atoms with E-state index in [2.05, 4.69) is 147 Å². The maximum Gasteiger partial charge on any atom is 0.129 e. The van der Waals surface area contributed by atoms with Gasteiger partial charge in [0.15, 0.2) is 0 Å². The Morgan fingerprint density at radius 3 is 2.26 bits per heavy atom. The molecule has 0 unspecified atom stereocenters. The molecule has 4 nitrogen and oxygen atoms in total. The molecule has 0 aliphatic carbocycles. The summed E-state index contributed by atoms with van der Waals surface area (Å²) in [5.41, 5.74) is 7.41. The molecular formula is C44H28IrN4S-2. The van der Waals surface area contributed by atoms with Gasteiger partial charge in [0.2, 0.25) is 0 Å². The number of hydrogen-bond acceptors (Lipinski definition) is 4. The summed E-state index contributed by atoms with van der Waals surface area (Å²) in [6.45, 7) is 2.08. The number of fused-ring (bicyclic) bond motifs is 7. The third-order valence-electron chi connectivity index (χ3n) is 8.99. The minimum absolute atomic E-state index is 0. The Morgan fingerprint density at radius 1 is 0.620 bits per heavy atom. The number of pyridine rings is 2. The van der Waals surface area contributed by atoms with Crippen LogP contribution in [-0.2, 0) is 20.1 Å². The van der Waals surface area contributed by atoms with Gasteiger partial charge < -0.3 is 9.55 Å². The molecule has 6 heteroatoms. The Labute approximate surface area is 307 Å². The topological polar surface area (TPSA) is 43.6 Å². The van der Waals surface area contributed by atoms with E-state index in [0.29, 0.717) is 0 Å². The van der Waals surface area contributed by atoms with E-state index in [0.717, 1.165) is 39.4 Å². The van der Waals surface area contributed by atoms with Gasteiger partial charge >= 0.3 is 0 Å². The van der Waals surface area contributed by atoms with Crippen molar-refractivity contribution in [2.24, 2.45) is 0 Å². The molecule has 241 valence electrons. The molecule has 0 atom stereocenters. The van der Waals surface area contributed by atoms with Crippen LogP contribution in [0.5, 0.6) is 0 Å². The van der Waals surface area contributed by atoms with Crippen molar-refractivity contribution in [3.8, 4) is 28.3 Å². The second-order valence-electron chi connectivity index (χ2n) is 12.0. The first-order valence-electron chi connectivity index (χ1n) is 16.2. The summed E-state index contributed by atoms with van der Waals surface area (Å²) in [6.07, 6.45) is 3.68. The Balaban J connectivity index is 0.000000142. The molecule has 50 heavy (non-hydrogen) atoms. The predicted octanol–water partition coefficient (Wildman–Crippen LogP) is 11.4. The summed E-state index contributed by atoms with van der Waals surface area (Å²) in [7, 11) is 0. The van der Waals surface area contributed by atoms with Gasteiger partial charge in [-0.15, -0.1) is 52.9 Å². The van der Waals surface area contributed by atoms with Gasteiger partial charge in [-0.05, 0) is 76.2 Å². The minimum Gasteiger partial charge on any atom is -0.335 e. The SMILES string of the molecule is Cc1ccnc(-c2[c-]ccc3c4ccccc4n(-c4ccccn4)c23)c1.[Ir].[c-]1cc2c(ccc3ccccc32)cc1-c1nsc2ccccc12. The molecule has 4 heterocycles. The molecular weight excluding hydrogens is 809 g/mol. The first-order chi connectivity index (χ1) is 24.2. The smallest absolute Gasteiger partial charge is 0.129 e. The van der Waals surface area contributed by atoms with Gasteiger partial charge in [0.25, 0.3) is 0 Å². The molecule has 0 bridgehead atoms. The zero-order chi connectivity index (χ0) is 32.7. The van der Waals surface area contributed by atoms with Crippen molar-refractivity contribution in [2.45, 2.75) is 6.92 Å². The van der Waals surface area contributed by atoms with Crippen molar-refractivity contribution in [3.63, 3.8) is 0 Å². The van der Waals surface area contributed by atoms with Gasteiger partial charge in [-0.2, -0.15) is 0 Å². The fourth-order valence-corrected chi connectivity index (χ4v) is 7.50. The van der Waals surface area contributed by atoms with E-state index in [-0.39, 0.29) is 20.1 Å². The standard InChI is InChI=1S/C23H16N3.C21H12NS.Ir/c1-16-12-14-24-20(15-16)19-9-6-8-18-17-7-2-3-10-21(17)26(23(18)19)22-11-4-5-13-25-22;1-2-6-17-14(5-1)9-10-15-13-16(11-12-18(15)17)21-19-7-3-4-8-20(19)23-22-21;/h2-8,10-15H,1H3;1-10,12-13H;/q2*-1;. The summed E-state index contributed by atoms with van der Waals surface area (Å²) >= 11 is 1.55. The fraction of sp³-hybridized carbons (Fsp3) is 0.0227. The summed E-state index contributed by atoms with van der Waals surface area (Å²) < 4.78 is 8.07. The molecule has 0 N–H and O–H groups in total. The van der Waals surface area contributed by atoms with E-state index in [1.807, 2.05) is 42.7 Å². The summed E-state index contributed by atoms with van der Waals surface area (Å²) in [5.74, 6) is 0.896. The average molecular weight is 837 g/mol. The molecule has 0 saturated carbocycles. The van der Waals surface area contributed by atoms with E-state index in [4.69, 9.17) is 0 Å². The van der Waals surface area contributed by atoms with Gasteiger partial charge in [-0.1, -0.05) is 107 Å². The first kappa shape index (κ1) is 31.7. The number of aromatic nitrogens is 4. The van der Waals surface area contributed by atoms with Crippen molar-refractivity contribution < 1.29 is 20.1 Å². The van der Waals surface area contributed by atoms with Crippen LogP contribution in [0, 0.1) is 19.1 Å². The molecule has 0 aliphatic heterocycles. The van der Waals surface area contributed by atoms with Crippen molar-refractivity contribution in [2.75, 3.05) is 0 Å². The largest absolute Gasteiger partial charge is 0.335 e. The van der Waals surface area contributed by atoms with E-state index in [1.54, 1.807) is 11.5 Å². The summed E-state index contributed by atoms with van der Waals surface area (Å²) in [4.78, 5) is 9.20. The molecule has 6 aromatic carbocycles. The number of benzene rings is 6. The minimum atomic E-state index is 0. The molecule has 10 rings (SSSR count). The van der Waals surface area contributed by atoms with E-state index in [1.165, 1.54) is 48.0 Å². The Morgan fingerprint density at radius 2 is 1.40 bits per heavy atom. The van der Waals surface area contributed by atoms with Crippen LogP contribution in [0.1, 0.15) is 5.56 Å². The van der Waals surface area contributed by atoms with Gasteiger partial charge in [0.05, 0.1) is 0 Å². The maximum atomic E-state index is 4.65. The van der Waals surface area contributed by atoms with Crippen molar-refractivity contribution in [1.82, 2.24) is 18.9 Å². The zero-order valence-electron chi connectivity index (χ0n) is 27.0. The van der Waals surface area contributed by atoms with Crippen molar-refractivity contribution in [1.29, 1.82) is 0 Å². The number of nitrogens with zero attached hydrogens (tertiary/aromatic N) is 4. The number of rotatable bonds is 3. The zero-order valence-corrected chi connectivity index (χ0v) is 30.2. The van der Waals surface area contributed by atoms with Crippen LogP contribution in [-0.4, -0.2) is 18.9 Å². The second-order valence-corrected chi connectivity index (χ2v) is 12.8. The molecule has 0 amide bonds. The van der Waals surface area contributed by atoms with Crippen molar-refractivity contribution in [3.05, 3.63) is 170 Å². The van der Waals surface area contributed by atoms with Crippen LogP contribution in [0.4, 0.5) is 0 Å². The Kier molecular flexibility index (Phi) is 8.51. The third-order valence-corrected chi connectivity index (χ3v) is 9.81. The maximum absolute atomic E-state index is 4.65. The van der Waals surface area contributed by atoms with Crippen LogP contribution in [0.25, 0.3) is 81.8 Å². The number of aryl methyl sites for hydroxylation is 1. The van der Waals surface area contributed by atoms with Gasteiger partial charge in [-0.25, -0.2) is 9.36 Å². The molecule has 0 spiro atoms. The van der Waals surface area contributed by atoms with Crippen LogP contribution in [0.15, 0.2) is 152 Å². The molecule has 10 aromatic rings. The number of para-hydroxylation sites is 1. The first-order valence-corrected chi connectivity index (χ1v) is 17.0. The van der Waals surface area contributed by atoms with Crippen LogP contribution in [0.2, 0.25) is 0 Å². The van der Waals surface area contributed by atoms with E-state index < -0.39 is 0 Å². The van der Waals surface area contributed by atoms with E-state index in [9.17, 15) is 0 Å². The average Bonchev–Trinajstić information content (AvgIpc) is 3.75.